The molecule has 2 aromatic carbocycles. The molecule has 6 nitrogen and oxygen atoms in total. The summed E-state index contributed by atoms with van der Waals surface area (Å²) in [5, 5.41) is 0. The number of hydrogen-bond acceptors (Lipinski definition) is 4. The molecule has 2 atom stereocenters. The van der Waals surface area contributed by atoms with E-state index in [-0.39, 0.29) is 36.8 Å². The number of likely N-dealkylation sites (tertiary alicyclic amines) is 1. The van der Waals surface area contributed by atoms with Crippen LogP contribution in [0.3, 0.4) is 0 Å². The average Bonchev–Trinajstić information content (AvgIpc) is 3.08. The van der Waals surface area contributed by atoms with Gasteiger partial charge < -0.3 is 14.5 Å². The predicted molar refractivity (Wildman–Crippen MR) is 108 cm³/mol. The van der Waals surface area contributed by atoms with Crippen LogP contribution >= 0.6 is 0 Å². The molecule has 0 unspecified atom stereocenters. The van der Waals surface area contributed by atoms with Crippen molar-refractivity contribution in [2.24, 2.45) is 5.41 Å². The Morgan fingerprint density at radius 3 is 2.41 bits per heavy atom. The molecule has 2 heterocycles. The van der Waals surface area contributed by atoms with Gasteiger partial charge in [-0.05, 0) is 32.0 Å². The maximum atomic E-state index is 13.4. The van der Waals surface area contributed by atoms with Crippen molar-refractivity contribution in [3.8, 4) is 5.75 Å². The van der Waals surface area contributed by atoms with E-state index in [1.165, 1.54) is 0 Å². The molecule has 1 fully saturated rings. The molecule has 2 aliphatic heterocycles. The van der Waals surface area contributed by atoms with Gasteiger partial charge in [0.05, 0.1) is 17.0 Å². The monoisotopic (exact) mass is 392 g/mol. The Kier molecular flexibility index (Phi) is 4.86. The summed E-state index contributed by atoms with van der Waals surface area (Å²) in [5.74, 6) is 0.199. The number of carbonyl (C=O) groups is 3. The van der Waals surface area contributed by atoms with E-state index in [0.717, 1.165) is 0 Å². The van der Waals surface area contributed by atoms with E-state index >= 15 is 0 Å². The van der Waals surface area contributed by atoms with Gasteiger partial charge in [0, 0.05) is 25.2 Å². The first-order valence-electron chi connectivity index (χ1n) is 9.86. The molecule has 29 heavy (non-hydrogen) atoms. The van der Waals surface area contributed by atoms with E-state index in [4.69, 9.17) is 4.74 Å². The zero-order chi connectivity index (χ0) is 20.6. The standard InChI is InChI=1S/C23H24N2O4/c1-3-25-19-13-24(20(26)14-29-16-9-5-4-6-10-16)15-23(19,2)21(27)17-11-7-8-12-18(17)22(25)28/h4-12,19H,3,13-15H2,1-2H3/t19-,23+/m1/s1. The Morgan fingerprint density at radius 1 is 1.07 bits per heavy atom. The number of nitrogens with zero attached hydrogens (tertiary/aromatic N) is 2. The Balaban J connectivity index is 1.60. The maximum absolute atomic E-state index is 13.4. The first kappa shape index (κ1) is 19.2. The Bertz CT molecular complexity index is 958. The van der Waals surface area contributed by atoms with Crippen molar-refractivity contribution in [1.29, 1.82) is 0 Å². The van der Waals surface area contributed by atoms with Crippen LogP contribution < -0.4 is 4.74 Å². The third-order valence-corrected chi connectivity index (χ3v) is 6.00. The minimum Gasteiger partial charge on any atom is -0.484 e. The molecule has 6 heteroatoms. The number of hydrogen-bond donors (Lipinski definition) is 0. The topological polar surface area (TPSA) is 66.9 Å². The van der Waals surface area contributed by atoms with Crippen LogP contribution in [0.2, 0.25) is 0 Å². The smallest absolute Gasteiger partial charge is 0.260 e. The van der Waals surface area contributed by atoms with Gasteiger partial charge >= 0.3 is 0 Å². The molecule has 0 spiro atoms. The van der Waals surface area contributed by atoms with Gasteiger partial charge in [0.25, 0.3) is 11.8 Å². The summed E-state index contributed by atoms with van der Waals surface area (Å²) in [4.78, 5) is 42.8. The van der Waals surface area contributed by atoms with Gasteiger partial charge in [-0.1, -0.05) is 36.4 Å². The fourth-order valence-electron chi connectivity index (χ4n) is 4.42. The molecule has 0 N–H and O–H groups in total. The van der Waals surface area contributed by atoms with Crippen LogP contribution in [0.1, 0.15) is 34.6 Å². The molecule has 4 rings (SSSR count). The molecule has 1 saturated heterocycles. The molecule has 0 radical (unpaired) electrons. The minimum atomic E-state index is -0.847. The highest BCUT2D eigenvalue weighted by atomic mass is 16.5. The molecule has 0 bridgehead atoms. The highest BCUT2D eigenvalue weighted by Gasteiger charge is 2.55. The molecular formula is C23H24N2O4. The number of rotatable bonds is 4. The van der Waals surface area contributed by atoms with Crippen molar-refractivity contribution in [2.75, 3.05) is 26.2 Å². The van der Waals surface area contributed by atoms with Gasteiger partial charge in [-0.2, -0.15) is 0 Å². The highest BCUT2D eigenvalue weighted by molar-refractivity contribution is 6.12. The first-order valence-corrected chi connectivity index (χ1v) is 9.86. The summed E-state index contributed by atoms with van der Waals surface area (Å²) in [5.41, 5.74) is 0.0387. The molecule has 2 aromatic rings. The van der Waals surface area contributed by atoms with Crippen LogP contribution in [0, 0.1) is 5.41 Å². The number of amides is 2. The number of carbonyl (C=O) groups excluding carboxylic acids is 3. The molecular weight excluding hydrogens is 368 g/mol. The summed E-state index contributed by atoms with van der Waals surface area (Å²) in [6.45, 7) is 4.74. The van der Waals surface area contributed by atoms with Crippen LogP contribution in [0.15, 0.2) is 54.6 Å². The lowest BCUT2D eigenvalue weighted by Gasteiger charge is -2.34. The van der Waals surface area contributed by atoms with Crippen LogP contribution in [0.4, 0.5) is 0 Å². The predicted octanol–water partition coefficient (Wildman–Crippen LogP) is 2.64. The molecule has 2 aliphatic rings. The third kappa shape index (κ3) is 3.18. The van der Waals surface area contributed by atoms with Crippen molar-refractivity contribution < 1.29 is 19.1 Å². The Labute approximate surface area is 170 Å². The number of benzene rings is 2. The Morgan fingerprint density at radius 2 is 1.72 bits per heavy atom. The zero-order valence-corrected chi connectivity index (χ0v) is 16.6. The minimum absolute atomic E-state index is 0.0818. The van der Waals surface area contributed by atoms with E-state index in [9.17, 15) is 14.4 Å². The highest BCUT2D eigenvalue weighted by Crippen LogP contribution is 2.41. The van der Waals surface area contributed by atoms with Crippen molar-refractivity contribution in [3.63, 3.8) is 0 Å². The van der Waals surface area contributed by atoms with Gasteiger partial charge in [-0.15, -0.1) is 0 Å². The van der Waals surface area contributed by atoms with Gasteiger partial charge in [-0.3, -0.25) is 14.4 Å². The lowest BCUT2D eigenvalue weighted by molar-refractivity contribution is -0.132. The second-order valence-electron chi connectivity index (χ2n) is 7.78. The second-order valence-corrected chi connectivity index (χ2v) is 7.78. The van der Waals surface area contributed by atoms with Crippen molar-refractivity contribution in [2.45, 2.75) is 19.9 Å². The van der Waals surface area contributed by atoms with Gasteiger partial charge in [0.1, 0.15) is 5.75 Å². The molecule has 150 valence electrons. The average molecular weight is 392 g/mol. The molecule has 2 amide bonds. The summed E-state index contributed by atoms with van der Waals surface area (Å²) in [7, 11) is 0. The van der Waals surface area contributed by atoms with E-state index in [2.05, 4.69) is 0 Å². The van der Waals surface area contributed by atoms with Gasteiger partial charge in [0.2, 0.25) is 0 Å². The van der Waals surface area contributed by atoms with Crippen molar-refractivity contribution in [1.82, 2.24) is 9.80 Å². The van der Waals surface area contributed by atoms with Crippen LogP contribution in [0.5, 0.6) is 5.75 Å². The van der Waals surface area contributed by atoms with Crippen molar-refractivity contribution in [3.05, 3.63) is 65.7 Å². The quantitative estimate of drug-likeness (QED) is 0.802. The van der Waals surface area contributed by atoms with Gasteiger partial charge in [-0.25, -0.2) is 0 Å². The van der Waals surface area contributed by atoms with Crippen LogP contribution in [-0.2, 0) is 4.79 Å². The van der Waals surface area contributed by atoms with Crippen molar-refractivity contribution >= 4 is 17.6 Å². The summed E-state index contributed by atoms with van der Waals surface area (Å²) >= 11 is 0. The zero-order valence-electron chi connectivity index (χ0n) is 16.6. The van der Waals surface area contributed by atoms with E-state index in [1.54, 1.807) is 46.2 Å². The number of ketones is 1. The number of fused-ring (bicyclic) bond motifs is 2. The van der Waals surface area contributed by atoms with E-state index in [1.807, 2.05) is 32.0 Å². The second kappa shape index (κ2) is 7.35. The maximum Gasteiger partial charge on any atom is 0.260 e. The van der Waals surface area contributed by atoms with Gasteiger partial charge in [0.15, 0.2) is 12.4 Å². The Hall–Kier alpha value is -3.15. The summed E-state index contributed by atoms with van der Waals surface area (Å²) < 4.78 is 5.59. The number of Topliss-reactive ketones (excluding diaryl/α,β-unsaturated/α-hetero) is 1. The van der Waals surface area contributed by atoms with Crippen LogP contribution in [-0.4, -0.2) is 59.7 Å². The largest absolute Gasteiger partial charge is 0.484 e. The van der Waals surface area contributed by atoms with Crippen LogP contribution in [0.25, 0.3) is 0 Å². The lowest BCUT2D eigenvalue weighted by Crippen LogP contribution is -2.49. The number of likely N-dealkylation sites (N-methyl/N-ethyl adjacent to an activating group) is 1. The number of ether oxygens (including phenoxy) is 1. The summed E-state index contributed by atoms with van der Waals surface area (Å²) in [6.07, 6.45) is 0. The molecule has 0 aromatic heterocycles. The molecule has 0 aliphatic carbocycles. The van der Waals surface area contributed by atoms with E-state index in [0.29, 0.717) is 30.0 Å². The fourth-order valence-corrected chi connectivity index (χ4v) is 4.42. The first-order chi connectivity index (χ1) is 14.0. The third-order valence-electron chi connectivity index (χ3n) is 6.00. The normalized spacial score (nSPS) is 23.4. The summed E-state index contributed by atoms with van der Waals surface area (Å²) in [6, 6.07) is 15.8. The lowest BCUT2D eigenvalue weighted by atomic mass is 9.78. The fraction of sp³-hybridized carbons (Fsp3) is 0.348. The molecule has 0 saturated carbocycles. The SMILES string of the molecule is CCN1C(=O)c2ccccc2C(=O)[C@@]2(C)CN(C(=O)COc3ccccc3)C[C@@H]12. The number of para-hydroxylation sites is 1. The van der Waals surface area contributed by atoms with E-state index < -0.39 is 5.41 Å².